The number of ether oxygens (including phenoxy) is 1. The fourth-order valence-corrected chi connectivity index (χ4v) is 3.99. The zero-order valence-electron chi connectivity index (χ0n) is 14.2. The lowest BCUT2D eigenvalue weighted by Gasteiger charge is -2.23. The van der Waals surface area contributed by atoms with E-state index >= 15 is 0 Å². The first-order valence-electron chi connectivity index (χ1n) is 8.79. The fraction of sp³-hybridized carbons (Fsp3) is 0.350. The lowest BCUT2D eigenvalue weighted by atomic mass is 9.78. The molecule has 2 N–H and O–H groups in total. The van der Waals surface area contributed by atoms with E-state index in [1.165, 1.54) is 5.56 Å². The number of hydrogen-bond donors (Lipinski definition) is 2. The molecule has 26 heavy (non-hydrogen) atoms. The van der Waals surface area contributed by atoms with E-state index in [1.54, 1.807) is 12.4 Å². The third-order valence-corrected chi connectivity index (χ3v) is 5.24. The molecular weight excluding hydrogens is 332 g/mol. The van der Waals surface area contributed by atoms with Crippen LogP contribution in [0.5, 0.6) is 0 Å². The van der Waals surface area contributed by atoms with Gasteiger partial charge in [0, 0.05) is 18.1 Å². The second-order valence-electron chi connectivity index (χ2n) is 6.90. The minimum atomic E-state index is -0.954. The number of nitrogens with zero attached hydrogens (tertiary/aromatic N) is 1. The summed E-state index contributed by atoms with van der Waals surface area (Å²) in [5.74, 6) is -2.60. The summed E-state index contributed by atoms with van der Waals surface area (Å²) >= 11 is 0. The molecule has 2 aromatic rings. The number of anilines is 1. The summed E-state index contributed by atoms with van der Waals surface area (Å²) in [6, 6.07) is 11.5. The van der Waals surface area contributed by atoms with Crippen LogP contribution in [0, 0.1) is 11.8 Å². The van der Waals surface area contributed by atoms with Crippen molar-refractivity contribution >= 4 is 17.6 Å². The smallest absolute Gasteiger partial charge is 0.310 e. The number of carbonyl (C=O) groups excluding carboxylic acids is 1. The van der Waals surface area contributed by atoms with E-state index in [1.807, 2.05) is 36.4 Å². The number of pyridine rings is 1. The minimum absolute atomic E-state index is 0.272. The summed E-state index contributed by atoms with van der Waals surface area (Å²) in [5, 5.41) is 12.3. The van der Waals surface area contributed by atoms with Crippen molar-refractivity contribution < 1.29 is 19.4 Å². The van der Waals surface area contributed by atoms with Gasteiger partial charge in [0.2, 0.25) is 5.91 Å². The van der Waals surface area contributed by atoms with E-state index in [2.05, 4.69) is 10.3 Å². The molecule has 0 saturated carbocycles. The van der Waals surface area contributed by atoms with Gasteiger partial charge in [-0.15, -0.1) is 0 Å². The molecule has 0 spiro atoms. The van der Waals surface area contributed by atoms with Gasteiger partial charge in [-0.1, -0.05) is 12.1 Å². The standard InChI is InChI=1S/C20H20N2O4/c23-19(17-15-5-6-16(26-15)18(17)20(24)25)22-14-3-1-12(2-4-14)11-13-7-9-21-10-8-13/h1-4,7-10,15-18H,5-6,11H2,(H,22,23)(H,24,25)/t15-,16+,17+,18+/m1/s1. The number of carbonyl (C=O) groups is 2. The number of carboxylic acids is 1. The topological polar surface area (TPSA) is 88.5 Å². The zero-order valence-corrected chi connectivity index (χ0v) is 14.2. The van der Waals surface area contributed by atoms with Crippen LogP contribution in [0.3, 0.4) is 0 Å². The molecule has 0 radical (unpaired) electrons. The van der Waals surface area contributed by atoms with Gasteiger partial charge in [-0.3, -0.25) is 14.6 Å². The van der Waals surface area contributed by atoms with E-state index < -0.39 is 17.8 Å². The molecule has 6 nitrogen and oxygen atoms in total. The van der Waals surface area contributed by atoms with Gasteiger partial charge in [0.25, 0.3) is 0 Å². The number of amides is 1. The van der Waals surface area contributed by atoms with E-state index in [4.69, 9.17) is 4.74 Å². The fourth-order valence-electron chi connectivity index (χ4n) is 3.99. The van der Waals surface area contributed by atoms with Crippen LogP contribution in [0.25, 0.3) is 0 Å². The van der Waals surface area contributed by atoms with Crippen LogP contribution >= 0.6 is 0 Å². The predicted molar refractivity (Wildman–Crippen MR) is 94.6 cm³/mol. The molecule has 1 aromatic heterocycles. The molecule has 2 saturated heterocycles. The third kappa shape index (κ3) is 3.20. The Morgan fingerprint density at radius 1 is 1.00 bits per heavy atom. The van der Waals surface area contributed by atoms with E-state index in [9.17, 15) is 14.7 Å². The molecule has 134 valence electrons. The van der Waals surface area contributed by atoms with Crippen LogP contribution in [0.2, 0.25) is 0 Å². The molecule has 0 aliphatic carbocycles. The van der Waals surface area contributed by atoms with E-state index in [0.717, 1.165) is 24.8 Å². The van der Waals surface area contributed by atoms with E-state index in [-0.39, 0.29) is 18.1 Å². The Morgan fingerprint density at radius 3 is 2.27 bits per heavy atom. The molecular formula is C20H20N2O4. The zero-order chi connectivity index (χ0) is 18.1. The Hall–Kier alpha value is -2.73. The van der Waals surface area contributed by atoms with Gasteiger partial charge in [-0.2, -0.15) is 0 Å². The predicted octanol–water partition coefficient (Wildman–Crippen LogP) is 2.49. The number of aromatic nitrogens is 1. The SMILES string of the molecule is O=C(O)[C@@H]1[C@@H](C(=O)Nc2ccc(Cc3ccncc3)cc2)[C@H]2CC[C@@H]1O2. The van der Waals surface area contributed by atoms with Gasteiger partial charge in [0.1, 0.15) is 0 Å². The quantitative estimate of drug-likeness (QED) is 0.863. The van der Waals surface area contributed by atoms with Gasteiger partial charge in [-0.05, 0) is 54.7 Å². The first kappa shape index (κ1) is 16.7. The molecule has 4 atom stereocenters. The van der Waals surface area contributed by atoms with E-state index in [0.29, 0.717) is 5.69 Å². The highest BCUT2D eigenvalue weighted by atomic mass is 16.5. The number of nitrogens with one attached hydrogen (secondary N) is 1. The highest BCUT2D eigenvalue weighted by molar-refractivity contribution is 5.96. The lowest BCUT2D eigenvalue weighted by molar-refractivity contribution is -0.147. The van der Waals surface area contributed by atoms with Crippen molar-refractivity contribution in [1.82, 2.24) is 4.98 Å². The normalized spacial score (nSPS) is 26.6. The molecule has 2 fully saturated rings. The lowest BCUT2D eigenvalue weighted by Crippen LogP contribution is -2.40. The molecule has 3 heterocycles. The van der Waals surface area contributed by atoms with Crippen molar-refractivity contribution in [1.29, 1.82) is 0 Å². The van der Waals surface area contributed by atoms with Crippen molar-refractivity contribution in [3.05, 3.63) is 59.9 Å². The Morgan fingerprint density at radius 2 is 1.62 bits per heavy atom. The molecule has 2 aliphatic heterocycles. The number of rotatable bonds is 5. The Kier molecular flexibility index (Phi) is 4.42. The van der Waals surface area contributed by atoms with Crippen LogP contribution in [-0.2, 0) is 20.7 Å². The van der Waals surface area contributed by atoms with Crippen molar-refractivity contribution in [3.8, 4) is 0 Å². The Balaban J connectivity index is 1.42. The molecule has 4 rings (SSSR count). The summed E-state index contributed by atoms with van der Waals surface area (Å²) in [5.41, 5.74) is 2.96. The van der Waals surface area contributed by atoms with Crippen molar-refractivity contribution in [2.24, 2.45) is 11.8 Å². The first-order chi connectivity index (χ1) is 12.6. The number of aliphatic carboxylic acids is 1. The van der Waals surface area contributed by atoms with Crippen molar-refractivity contribution in [2.45, 2.75) is 31.5 Å². The van der Waals surface area contributed by atoms with Crippen LogP contribution in [0.15, 0.2) is 48.8 Å². The second-order valence-corrected chi connectivity index (χ2v) is 6.90. The van der Waals surface area contributed by atoms with Crippen LogP contribution in [-0.4, -0.2) is 34.2 Å². The van der Waals surface area contributed by atoms with Crippen molar-refractivity contribution in [2.75, 3.05) is 5.32 Å². The number of hydrogen-bond acceptors (Lipinski definition) is 4. The molecule has 2 aliphatic rings. The number of fused-ring (bicyclic) bond motifs is 2. The maximum atomic E-state index is 12.6. The van der Waals surface area contributed by atoms with Gasteiger partial charge >= 0.3 is 5.97 Å². The number of benzene rings is 1. The maximum Gasteiger partial charge on any atom is 0.310 e. The van der Waals surface area contributed by atoms with Crippen LogP contribution in [0.4, 0.5) is 5.69 Å². The summed E-state index contributed by atoms with van der Waals surface area (Å²) in [6.45, 7) is 0. The second kappa shape index (κ2) is 6.88. The summed E-state index contributed by atoms with van der Waals surface area (Å²) in [4.78, 5) is 28.2. The van der Waals surface area contributed by atoms with Gasteiger partial charge in [0.15, 0.2) is 0 Å². The largest absolute Gasteiger partial charge is 0.481 e. The highest BCUT2D eigenvalue weighted by Crippen LogP contribution is 2.44. The molecule has 1 aromatic carbocycles. The average molecular weight is 352 g/mol. The third-order valence-electron chi connectivity index (χ3n) is 5.24. The maximum absolute atomic E-state index is 12.6. The first-order valence-corrected chi connectivity index (χ1v) is 8.79. The molecule has 1 amide bonds. The molecule has 2 bridgehead atoms. The summed E-state index contributed by atoms with van der Waals surface area (Å²) < 4.78 is 5.66. The van der Waals surface area contributed by atoms with Crippen LogP contribution in [0.1, 0.15) is 24.0 Å². The highest BCUT2D eigenvalue weighted by Gasteiger charge is 2.55. The minimum Gasteiger partial charge on any atom is -0.481 e. The number of carboxylic acid groups (broad SMARTS) is 1. The van der Waals surface area contributed by atoms with Crippen molar-refractivity contribution in [3.63, 3.8) is 0 Å². The van der Waals surface area contributed by atoms with Gasteiger partial charge in [0.05, 0.1) is 24.0 Å². The van der Waals surface area contributed by atoms with Crippen LogP contribution < -0.4 is 5.32 Å². The summed E-state index contributed by atoms with van der Waals surface area (Å²) in [7, 11) is 0. The summed E-state index contributed by atoms with van der Waals surface area (Å²) in [6.07, 6.45) is 5.16. The Bertz CT molecular complexity index is 806. The Labute approximate surface area is 151 Å². The molecule has 6 heteroatoms. The van der Waals surface area contributed by atoms with Gasteiger partial charge < -0.3 is 15.2 Å². The monoisotopic (exact) mass is 352 g/mol. The van der Waals surface area contributed by atoms with Gasteiger partial charge in [-0.25, -0.2) is 0 Å². The average Bonchev–Trinajstić information content (AvgIpc) is 3.25. The molecule has 0 unspecified atom stereocenters.